The Kier molecular flexibility index (Phi) is 5.66. The van der Waals surface area contributed by atoms with Gasteiger partial charge in [-0.2, -0.15) is 13.2 Å². The van der Waals surface area contributed by atoms with Crippen LogP contribution in [0.15, 0.2) is 24.3 Å². The Labute approximate surface area is 142 Å². The molecule has 3 amide bonds. The highest BCUT2D eigenvalue weighted by Crippen LogP contribution is 2.33. The minimum Gasteiger partial charge on any atom is -0.355 e. The minimum atomic E-state index is -4.50. The Morgan fingerprint density at radius 2 is 1.92 bits per heavy atom. The number of amides is 3. The molecule has 0 aromatic heterocycles. The quantitative estimate of drug-likeness (QED) is 0.780. The number of nitrogens with one attached hydrogen (secondary N) is 2. The molecule has 0 unspecified atom stereocenters. The van der Waals surface area contributed by atoms with Crippen molar-refractivity contribution in [3.05, 3.63) is 29.8 Å². The van der Waals surface area contributed by atoms with Gasteiger partial charge in [0, 0.05) is 38.7 Å². The number of anilines is 1. The van der Waals surface area contributed by atoms with Crippen LogP contribution in [0.2, 0.25) is 0 Å². The molecule has 1 saturated heterocycles. The first-order valence-corrected chi connectivity index (χ1v) is 7.68. The summed E-state index contributed by atoms with van der Waals surface area (Å²) in [5.41, 5.74) is -0.727. The van der Waals surface area contributed by atoms with E-state index in [9.17, 15) is 27.6 Å². The number of alkyl halides is 3. The van der Waals surface area contributed by atoms with Crippen LogP contribution < -0.4 is 15.5 Å². The van der Waals surface area contributed by atoms with E-state index in [-0.39, 0.29) is 43.6 Å². The second-order valence-corrected chi connectivity index (χ2v) is 5.73. The molecule has 1 aromatic carbocycles. The summed E-state index contributed by atoms with van der Waals surface area (Å²) in [5, 5.41) is 5.11. The van der Waals surface area contributed by atoms with Crippen molar-refractivity contribution in [2.75, 3.05) is 24.5 Å². The second kappa shape index (κ2) is 7.54. The summed E-state index contributed by atoms with van der Waals surface area (Å²) in [6.45, 7) is 1.85. The topological polar surface area (TPSA) is 78.5 Å². The van der Waals surface area contributed by atoms with Gasteiger partial charge in [-0.05, 0) is 18.2 Å². The van der Waals surface area contributed by atoms with Crippen LogP contribution in [0.3, 0.4) is 0 Å². The molecular weight excluding hydrogens is 339 g/mol. The molecule has 2 N–H and O–H groups in total. The lowest BCUT2D eigenvalue weighted by Crippen LogP contribution is -2.38. The van der Waals surface area contributed by atoms with Gasteiger partial charge < -0.3 is 15.5 Å². The van der Waals surface area contributed by atoms with Crippen LogP contribution in [-0.4, -0.2) is 37.4 Å². The smallest absolute Gasteiger partial charge is 0.355 e. The van der Waals surface area contributed by atoms with E-state index in [0.717, 1.165) is 12.1 Å². The molecule has 1 fully saturated rings. The largest absolute Gasteiger partial charge is 0.416 e. The third-order valence-electron chi connectivity index (χ3n) is 3.78. The number of halogens is 3. The van der Waals surface area contributed by atoms with Crippen LogP contribution in [0, 0.1) is 5.92 Å². The molecule has 1 atom stereocenters. The maximum atomic E-state index is 12.8. The fourth-order valence-corrected chi connectivity index (χ4v) is 2.55. The van der Waals surface area contributed by atoms with Gasteiger partial charge in [-0.25, -0.2) is 0 Å². The van der Waals surface area contributed by atoms with Crippen molar-refractivity contribution in [2.45, 2.75) is 19.5 Å². The molecule has 136 valence electrons. The SMILES string of the molecule is CC(=O)NCCNC(=O)[C@H]1CC(=O)N(c2cccc(C(F)(F)F)c2)C1. The lowest BCUT2D eigenvalue weighted by Gasteiger charge is -2.18. The molecular formula is C16H18F3N3O3. The summed E-state index contributed by atoms with van der Waals surface area (Å²) in [6, 6.07) is 4.46. The maximum Gasteiger partial charge on any atom is 0.416 e. The predicted octanol–water partition coefficient (Wildman–Crippen LogP) is 1.31. The van der Waals surface area contributed by atoms with E-state index in [0.29, 0.717) is 0 Å². The number of rotatable bonds is 5. The molecule has 1 aromatic rings. The summed E-state index contributed by atoms with van der Waals surface area (Å²) in [4.78, 5) is 36.1. The maximum absolute atomic E-state index is 12.8. The number of carbonyl (C=O) groups is 3. The fourth-order valence-electron chi connectivity index (χ4n) is 2.55. The Morgan fingerprint density at radius 1 is 1.24 bits per heavy atom. The first-order chi connectivity index (χ1) is 11.7. The number of carbonyl (C=O) groups excluding carboxylic acids is 3. The van der Waals surface area contributed by atoms with Gasteiger partial charge in [-0.1, -0.05) is 6.07 Å². The molecule has 0 bridgehead atoms. The van der Waals surface area contributed by atoms with E-state index < -0.39 is 23.6 Å². The van der Waals surface area contributed by atoms with Gasteiger partial charge in [-0.15, -0.1) is 0 Å². The molecule has 9 heteroatoms. The normalized spacial score (nSPS) is 17.5. The van der Waals surface area contributed by atoms with Crippen LogP contribution in [-0.2, 0) is 20.6 Å². The zero-order valence-corrected chi connectivity index (χ0v) is 13.5. The van der Waals surface area contributed by atoms with Crippen LogP contribution in [0.5, 0.6) is 0 Å². The highest BCUT2D eigenvalue weighted by Gasteiger charge is 2.36. The number of hydrogen-bond acceptors (Lipinski definition) is 3. The van der Waals surface area contributed by atoms with Gasteiger partial charge in [0.15, 0.2) is 0 Å². The van der Waals surface area contributed by atoms with Gasteiger partial charge in [0.1, 0.15) is 0 Å². The van der Waals surface area contributed by atoms with Crippen molar-refractivity contribution >= 4 is 23.4 Å². The number of benzene rings is 1. The van der Waals surface area contributed by atoms with Gasteiger partial charge in [0.25, 0.3) is 0 Å². The van der Waals surface area contributed by atoms with Crippen molar-refractivity contribution in [3.63, 3.8) is 0 Å². The molecule has 6 nitrogen and oxygen atoms in total. The third kappa shape index (κ3) is 4.94. The molecule has 2 rings (SSSR count). The summed E-state index contributed by atoms with van der Waals surface area (Å²) in [6.07, 6.45) is -4.57. The summed E-state index contributed by atoms with van der Waals surface area (Å²) < 4.78 is 38.4. The zero-order valence-electron chi connectivity index (χ0n) is 13.5. The van der Waals surface area contributed by atoms with Crippen LogP contribution in [0.1, 0.15) is 18.9 Å². The molecule has 1 heterocycles. The summed E-state index contributed by atoms with van der Waals surface area (Å²) >= 11 is 0. The molecule has 1 aliphatic heterocycles. The minimum absolute atomic E-state index is 0.0200. The van der Waals surface area contributed by atoms with Crippen molar-refractivity contribution in [2.24, 2.45) is 5.92 Å². The second-order valence-electron chi connectivity index (χ2n) is 5.73. The van der Waals surface area contributed by atoms with E-state index in [1.54, 1.807) is 0 Å². The van der Waals surface area contributed by atoms with Crippen molar-refractivity contribution in [1.82, 2.24) is 10.6 Å². The first kappa shape index (κ1) is 18.8. The fraction of sp³-hybridized carbons (Fsp3) is 0.438. The van der Waals surface area contributed by atoms with E-state index >= 15 is 0 Å². The van der Waals surface area contributed by atoms with Crippen molar-refractivity contribution in [1.29, 1.82) is 0 Å². The molecule has 25 heavy (non-hydrogen) atoms. The standard InChI is InChI=1S/C16H18F3N3O3/c1-10(23)20-5-6-21-15(25)11-7-14(24)22(9-11)13-4-2-3-12(8-13)16(17,18)19/h2-4,8,11H,5-7,9H2,1H3,(H,20,23)(H,21,25)/t11-/m0/s1. The van der Waals surface area contributed by atoms with Gasteiger partial charge in [0.05, 0.1) is 11.5 Å². The average Bonchev–Trinajstić information content (AvgIpc) is 2.92. The van der Waals surface area contributed by atoms with Crippen molar-refractivity contribution in [3.8, 4) is 0 Å². The Morgan fingerprint density at radius 3 is 2.56 bits per heavy atom. The van der Waals surface area contributed by atoms with Gasteiger partial charge in [0.2, 0.25) is 17.7 Å². The van der Waals surface area contributed by atoms with Gasteiger partial charge in [-0.3, -0.25) is 14.4 Å². The van der Waals surface area contributed by atoms with Gasteiger partial charge >= 0.3 is 6.18 Å². The van der Waals surface area contributed by atoms with Crippen molar-refractivity contribution < 1.29 is 27.6 Å². The summed E-state index contributed by atoms with van der Waals surface area (Å²) in [7, 11) is 0. The number of hydrogen-bond donors (Lipinski definition) is 2. The Hall–Kier alpha value is -2.58. The molecule has 0 spiro atoms. The molecule has 0 aliphatic carbocycles. The average molecular weight is 357 g/mol. The highest BCUT2D eigenvalue weighted by atomic mass is 19.4. The lowest BCUT2D eigenvalue weighted by molar-refractivity contribution is -0.137. The monoisotopic (exact) mass is 357 g/mol. The molecule has 1 aliphatic rings. The predicted molar refractivity (Wildman–Crippen MR) is 83.6 cm³/mol. The zero-order chi connectivity index (χ0) is 18.6. The Balaban J connectivity index is 1.98. The van der Waals surface area contributed by atoms with E-state index in [2.05, 4.69) is 10.6 Å². The highest BCUT2D eigenvalue weighted by molar-refractivity contribution is 6.00. The third-order valence-corrected chi connectivity index (χ3v) is 3.78. The molecule has 0 radical (unpaired) electrons. The van der Waals surface area contributed by atoms with E-state index in [1.165, 1.54) is 24.0 Å². The van der Waals surface area contributed by atoms with Crippen LogP contribution >= 0.6 is 0 Å². The first-order valence-electron chi connectivity index (χ1n) is 7.68. The van der Waals surface area contributed by atoms with E-state index in [1.807, 2.05) is 0 Å². The van der Waals surface area contributed by atoms with Crippen LogP contribution in [0.25, 0.3) is 0 Å². The Bertz CT molecular complexity index is 676. The van der Waals surface area contributed by atoms with E-state index in [4.69, 9.17) is 0 Å². The lowest BCUT2D eigenvalue weighted by atomic mass is 10.1. The van der Waals surface area contributed by atoms with Crippen LogP contribution in [0.4, 0.5) is 18.9 Å². The summed E-state index contributed by atoms with van der Waals surface area (Å²) in [5.74, 6) is -1.63. The number of nitrogens with zero attached hydrogens (tertiary/aromatic N) is 1. The molecule has 0 saturated carbocycles.